The third-order valence-electron chi connectivity index (χ3n) is 8.99. The van der Waals surface area contributed by atoms with Gasteiger partial charge in [-0.2, -0.15) is 5.26 Å². The van der Waals surface area contributed by atoms with Crippen LogP contribution in [0.4, 0.5) is 0 Å². The van der Waals surface area contributed by atoms with Gasteiger partial charge in [0.05, 0.1) is 11.5 Å². The van der Waals surface area contributed by atoms with E-state index in [9.17, 15) is 5.26 Å². The summed E-state index contributed by atoms with van der Waals surface area (Å²) in [6.07, 6.45) is 23.6. The van der Waals surface area contributed by atoms with Gasteiger partial charge in [0.15, 0.2) is 0 Å². The highest BCUT2D eigenvalue weighted by atomic mass is 14.5. The van der Waals surface area contributed by atoms with Crippen LogP contribution in [0.5, 0.6) is 0 Å². The van der Waals surface area contributed by atoms with Crippen molar-refractivity contribution in [3.8, 4) is 6.07 Å². The van der Waals surface area contributed by atoms with Crippen LogP contribution in [0.2, 0.25) is 0 Å². The van der Waals surface area contributed by atoms with Crippen LogP contribution in [0.1, 0.15) is 123 Å². The van der Waals surface area contributed by atoms with Gasteiger partial charge in [-0.15, -0.1) is 0 Å². The Hall–Kier alpha value is -0.510. The van der Waals surface area contributed by atoms with Gasteiger partial charge in [0.1, 0.15) is 0 Å². The van der Waals surface area contributed by atoms with Gasteiger partial charge in [0.2, 0.25) is 0 Å². The summed E-state index contributed by atoms with van der Waals surface area (Å²) >= 11 is 0. The summed E-state index contributed by atoms with van der Waals surface area (Å²) in [4.78, 5) is 0. The van der Waals surface area contributed by atoms with Gasteiger partial charge in [-0.25, -0.2) is 0 Å². The highest BCUT2D eigenvalue weighted by molar-refractivity contribution is 5.06. The minimum absolute atomic E-state index is 0.0476. The number of rotatable bonds is 7. The molecule has 0 amide bonds. The maximum atomic E-state index is 10.1. The van der Waals surface area contributed by atoms with Gasteiger partial charge in [0.25, 0.3) is 0 Å². The topological polar surface area (TPSA) is 23.8 Å². The standard InChI is InChI=1S/C26H45N/c1-3-5-7-22-8-12-23(13-9-22)24-16-18-26(20-27,19-17-24)25-14-10-21(6-4-2)11-15-25/h21-25H,3-19H2,1-2H3/t21?,22?,23?,24-,25?,26-. The van der Waals surface area contributed by atoms with Gasteiger partial charge in [0, 0.05) is 0 Å². The van der Waals surface area contributed by atoms with Crippen molar-refractivity contribution in [2.45, 2.75) is 123 Å². The Morgan fingerprint density at radius 3 is 1.81 bits per heavy atom. The van der Waals surface area contributed by atoms with Crippen molar-refractivity contribution < 1.29 is 0 Å². The molecule has 0 unspecified atom stereocenters. The maximum absolute atomic E-state index is 10.1. The molecule has 0 N–H and O–H groups in total. The second-order valence-electron chi connectivity index (χ2n) is 10.5. The predicted molar refractivity (Wildman–Crippen MR) is 115 cm³/mol. The largest absolute Gasteiger partial charge is 0.198 e. The van der Waals surface area contributed by atoms with Crippen LogP contribution in [0.3, 0.4) is 0 Å². The van der Waals surface area contributed by atoms with E-state index in [1.54, 1.807) is 0 Å². The summed E-state index contributed by atoms with van der Waals surface area (Å²) in [5.74, 6) is 4.62. The normalized spacial score (nSPS) is 40.4. The van der Waals surface area contributed by atoms with Gasteiger partial charge >= 0.3 is 0 Å². The highest BCUT2D eigenvalue weighted by Gasteiger charge is 2.44. The third-order valence-corrected chi connectivity index (χ3v) is 8.99. The number of nitrogens with zero attached hydrogens (tertiary/aromatic N) is 1. The lowest BCUT2D eigenvalue weighted by atomic mass is 9.57. The lowest BCUT2D eigenvalue weighted by Gasteiger charge is -2.46. The van der Waals surface area contributed by atoms with Crippen LogP contribution >= 0.6 is 0 Å². The van der Waals surface area contributed by atoms with Crippen LogP contribution in [0.25, 0.3) is 0 Å². The second kappa shape index (κ2) is 10.3. The van der Waals surface area contributed by atoms with Crippen molar-refractivity contribution in [1.29, 1.82) is 5.26 Å². The van der Waals surface area contributed by atoms with E-state index in [0.29, 0.717) is 5.92 Å². The lowest BCUT2D eigenvalue weighted by Crippen LogP contribution is -2.38. The Labute approximate surface area is 169 Å². The molecular weight excluding hydrogens is 326 g/mol. The molecule has 1 nitrogen and oxygen atoms in total. The second-order valence-corrected chi connectivity index (χ2v) is 10.5. The van der Waals surface area contributed by atoms with Crippen LogP contribution in [0, 0.1) is 46.3 Å². The average Bonchev–Trinajstić information content (AvgIpc) is 2.73. The summed E-state index contributed by atoms with van der Waals surface area (Å²) in [5, 5.41) is 10.1. The Morgan fingerprint density at radius 1 is 0.704 bits per heavy atom. The van der Waals surface area contributed by atoms with Gasteiger partial charge in [-0.1, -0.05) is 71.6 Å². The number of nitriles is 1. The SMILES string of the molecule is CCCCC1CCC([C@H]2CC[C@](C#N)(C3CCC(CCC)CC3)CC2)CC1. The molecule has 0 aromatic carbocycles. The molecule has 0 bridgehead atoms. The molecule has 0 heterocycles. The summed E-state index contributed by atoms with van der Waals surface area (Å²) in [6.45, 7) is 4.65. The summed E-state index contributed by atoms with van der Waals surface area (Å²) in [7, 11) is 0. The number of hydrogen-bond acceptors (Lipinski definition) is 1. The van der Waals surface area contributed by atoms with Crippen molar-refractivity contribution >= 4 is 0 Å². The van der Waals surface area contributed by atoms with E-state index in [1.165, 1.54) is 109 Å². The minimum atomic E-state index is 0.0476. The molecule has 3 aliphatic carbocycles. The fourth-order valence-electron chi connectivity index (χ4n) is 7.09. The van der Waals surface area contributed by atoms with E-state index in [-0.39, 0.29) is 5.41 Å². The first-order chi connectivity index (χ1) is 13.2. The predicted octanol–water partition coefficient (Wildman–Crippen LogP) is 8.29. The van der Waals surface area contributed by atoms with E-state index < -0.39 is 0 Å². The van der Waals surface area contributed by atoms with Crippen molar-refractivity contribution in [3.05, 3.63) is 0 Å². The van der Waals surface area contributed by atoms with Crippen molar-refractivity contribution in [1.82, 2.24) is 0 Å². The lowest BCUT2D eigenvalue weighted by molar-refractivity contribution is 0.0603. The third kappa shape index (κ3) is 5.31. The molecule has 0 aromatic heterocycles. The fraction of sp³-hybridized carbons (Fsp3) is 0.962. The number of hydrogen-bond donors (Lipinski definition) is 0. The van der Waals surface area contributed by atoms with Crippen LogP contribution in [0.15, 0.2) is 0 Å². The minimum Gasteiger partial charge on any atom is -0.198 e. The Balaban J connectivity index is 1.45. The first kappa shape index (κ1) is 21.2. The molecule has 3 fully saturated rings. The Bertz CT molecular complexity index is 451. The average molecular weight is 372 g/mol. The van der Waals surface area contributed by atoms with Crippen LogP contribution in [-0.2, 0) is 0 Å². The van der Waals surface area contributed by atoms with E-state index in [1.807, 2.05) is 0 Å². The van der Waals surface area contributed by atoms with Crippen LogP contribution < -0.4 is 0 Å². The molecule has 0 aromatic rings. The first-order valence-corrected chi connectivity index (χ1v) is 12.6. The molecule has 0 radical (unpaired) electrons. The number of unbranched alkanes of at least 4 members (excludes halogenated alkanes) is 1. The molecule has 3 rings (SSSR count). The van der Waals surface area contributed by atoms with Gasteiger partial charge in [-0.05, 0) is 81.0 Å². The first-order valence-electron chi connectivity index (χ1n) is 12.6. The molecule has 0 spiro atoms. The molecule has 0 aliphatic heterocycles. The molecule has 27 heavy (non-hydrogen) atoms. The molecule has 0 saturated heterocycles. The summed E-state index contributed by atoms with van der Waals surface area (Å²) in [5.41, 5.74) is 0.0476. The van der Waals surface area contributed by atoms with E-state index in [2.05, 4.69) is 19.9 Å². The van der Waals surface area contributed by atoms with E-state index in [0.717, 1.165) is 23.7 Å². The smallest absolute Gasteiger partial charge is 0.0692 e. The molecule has 0 atom stereocenters. The zero-order chi connectivity index (χ0) is 19.1. The quantitative estimate of drug-likeness (QED) is 0.441. The van der Waals surface area contributed by atoms with Crippen molar-refractivity contribution in [3.63, 3.8) is 0 Å². The molecule has 3 aliphatic rings. The summed E-state index contributed by atoms with van der Waals surface area (Å²) < 4.78 is 0. The monoisotopic (exact) mass is 371 g/mol. The van der Waals surface area contributed by atoms with E-state index >= 15 is 0 Å². The van der Waals surface area contributed by atoms with Gasteiger partial charge in [-0.3, -0.25) is 0 Å². The zero-order valence-electron chi connectivity index (χ0n) is 18.4. The van der Waals surface area contributed by atoms with E-state index in [4.69, 9.17) is 0 Å². The molecular formula is C26H45N. The fourth-order valence-corrected chi connectivity index (χ4v) is 7.09. The maximum Gasteiger partial charge on any atom is 0.0692 e. The molecule has 1 heteroatoms. The Morgan fingerprint density at radius 2 is 1.26 bits per heavy atom. The summed E-state index contributed by atoms with van der Waals surface area (Å²) in [6, 6.07) is 2.89. The van der Waals surface area contributed by atoms with Crippen LogP contribution in [-0.4, -0.2) is 0 Å². The van der Waals surface area contributed by atoms with Crippen molar-refractivity contribution in [2.24, 2.45) is 35.0 Å². The molecule has 3 saturated carbocycles. The van der Waals surface area contributed by atoms with Gasteiger partial charge < -0.3 is 0 Å². The highest BCUT2D eigenvalue weighted by Crippen LogP contribution is 2.52. The van der Waals surface area contributed by atoms with Crippen molar-refractivity contribution in [2.75, 3.05) is 0 Å². The Kier molecular flexibility index (Phi) is 8.10. The zero-order valence-corrected chi connectivity index (χ0v) is 18.4. The molecule has 154 valence electrons.